The van der Waals surface area contributed by atoms with E-state index in [0.29, 0.717) is 0 Å². The average molecular weight is 172 g/mol. The molecule has 3 heterocycles. The Morgan fingerprint density at radius 3 is 2.75 bits per heavy atom. The van der Waals surface area contributed by atoms with Gasteiger partial charge in [0.1, 0.15) is 12.2 Å². The molecule has 3 saturated heterocycles. The summed E-state index contributed by atoms with van der Waals surface area (Å²) in [5.74, 6) is -1.04. The van der Waals surface area contributed by atoms with Crippen molar-refractivity contribution in [1.82, 2.24) is 0 Å². The summed E-state index contributed by atoms with van der Waals surface area (Å²) in [6, 6.07) is 0. The summed E-state index contributed by atoms with van der Waals surface area (Å²) in [4.78, 5) is 0. The van der Waals surface area contributed by atoms with Crippen molar-refractivity contribution in [3.8, 4) is 0 Å². The van der Waals surface area contributed by atoms with Crippen LogP contribution in [0.3, 0.4) is 0 Å². The average Bonchev–Trinajstić information content (AvgIpc) is 2.54. The molecule has 3 aliphatic rings. The monoisotopic (exact) mass is 172 g/mol. The van der Waals surface area contributed by atoms with Gasteiger partial charge in [0.2, 0.25) is 0 Å². The fraction of sp³-hybridized carbons (Fsp3) is 1.00. The van der Waals surface area contributed by atoms with Gasteiger partial charge in [0.05, 0.1) is 12.2 Å². The Morgan fingerprint density at radius 1 is 1.42 bits per heavy atom. The Balaban J connectivity index is 2.00. The lowest BCUT2D eigenvalue weighted by Crippen LogP contribution is -2.36. The zero-order chi connectivity index (χ0) is 8.51. The smallest absolute Gasteiger partial charge is 0.168 e. The van der Waals surface area contributed by atoms with Gasteiger partial charge >= 0.3 is 0 Å². The molecule has 0 aromatic carbocycles. The topological polar surface area (TPSA) is 58.9 Å². The van der Waals surface area contributed by atoms with Crippen LogP contribution in [0.15, 0.2) is 0 Å². The second kappa shape index (κ2) is 1.85. The van der Waals surface area contributed by atoms with E-state index in [1.807, 2.05) is 0 Å². The van der Waals surface area contributed by atoms with E-state index in [0.717, 1.165) is 6.42 Å². The summed E-state index contributed by atoms with van der Waals surface area (Å²) in [7, 11) is 0. The minimum absolute atomic E-state index is 0.0518. The quantitative estimate of drug-likeness (QED) is 0.504. The van der Waals surface area contributed by atoms with Crippen LogP contribution in [-0.4, -0.2) is 40.4 Å². The van der Waals surface area contributed by atoms with Gasteiger partial charge in [0.25, 0.3) is 0 Å². The summed E-state index contributed by atoms with van der Waals surface area (Å²) in [5, 5.41) is 19.3. The molecule has 6 unspecified atom stereocenters. The number of hydrogen-bond donors (Lipinski definition) is 2. The Kier molecular flexibility index (Phi) is 1.12. The first kappa shape index (κ1) is 7.26. The molecule has 0 aliphatic carbocycles. The summed E-state index contributed by atoms with van der Waals surface area (Å²) >= 11 is 0. The number of rotatable bonds is 0. The van der Waals surface area contributed by atoms with E-state index >= 15 is 0 Å². The van der Waals surface area contributed by atoms with Crippen LogP contribution in [0.1, 0.15) is 13.3 Å². The van der Waals surface area contributed by atoms with Crippen molar-refractivity contribution >= 4 is 0 Å². The largest absolute Gasteiger partial charge is 0.388 e. The van der Waals surface area contributed by atoms with E-state index in [2.05, 4.69) is 0 Å². The van der Waals surface area contributed by atoms with Crippen molar-refractivity contribution in [3.63, 3.8) is 0 Å². The number of aliphatic hydroxyl groups is 2. The van der Waals surface area contributed by atoms with Crippen LogP contribution in [0.2, 0.25) is 0 Å². The molecule has 68 valence electrons. The van der Waals surface area contributed by atoms with Gasteiger partial charge in [-0.3, -0.25) is 0 Å². The van der Waals surface area contributed by atoms with Gasteiger partial charge in [-0.05, 0) is 13.3 Å². The van der Waals surface area contributed by atoms with E-state index in [1.54, 1.807) is 6.92 Å². The minimum atomic E-state index is -1.10. The highest BCUT2D eigenvalue weighted by Crippen LogP contribution is 2.52. The fourth-order valence-electron chi connectivity index (χ4n) is 2.69. The third kappa shape index (κ3) is 0.633. The molecule has 0 aromatic heterocycles. The lowest BCUT2D eigenvalue weighted by molar-refractivity contribution is -0.201. The molecule has 0 aromatic rings. The molecule has 12 heavy (non-hydrogen) atoms. The Bertz CT molecular complexity index is 227. The summed E-state index contributed by atoms with van der Waals surface area (Å²) in [6.45, 7) is 1.65. The standard InChI is InChI=1S/C8H12O4/c1-8(10)3-2-4-5(9)7(12-8)6(3)11-4/h3-7,9-10H,2H2,1H3. The van der Waals surface area contributed by atoms with E-state index in [1.165, 1.54) is 0 Å². The van der Waals surface area contributed by atoms with Crippen molar-refractivity contribution in [3.05, 3.63) is 0 Å². The third-order valence-electron chi connectivity index (χ3n) is 3.32. The molecule has 3 fully saturated rings. The first-order valence-electron chi connectivity index (χ1n) is 4.33. The zero-order valence-corrected chi connectivity index (χ0v) is 6.80. The number of hydrogen-bond acceptors (Lipinski definition) is 4. The normalized spacial score (nSPS) is 67.8. The molecule has 3 aliphatic heterocycles. The predicted molar refractivity (Wildman–Crippen MR) is 38.3 cm³/mol. The molecule has 4 heteroatoms. The second-order valence-corrected chi connectivity index (χ2v) is 4.11. The molecule has 0 saturated carbocycles. The molecule has 0 radical (unpaired) electrons. The molecule has 4 nitrogen and oxygen atoms in total. The van der Waals surface area contributed by atoms with Gasteiger partial charge in [-0.1, -0.05) is 0 Å². The Hall–Kier alpha value is -0.160. The van der Waals surface area contributed by atoms with Gasteiger partial charge in [-0.2, -0.15) is 0 Å². The van der Waals surface area contributed by atoms with Gasteiger partial charge < -0.3 is 19.7 Å². The maximum Gasteiger partial charge on any atom is 0.168 e. The summed E-state index contributed by atoms with van der Waals surface area (Å²) in [5.41, 5.74) is 0. The van der Waals surface area contributed by atoms with Crippen molar-refractivity contribution < 1.29 is 19.7 Å². The summed E-state index contributed by atoms with van der Waals surface area (Å²) in [6.07, 6.45) is -0.321. The SMILES string of the molecule is CC1(O)OC2C(O)C3CC1C2O3. The number of fused-ring (bicyclic) bond motifs is 1. The van der Waals surface area contributed by atoms with Gasteiger partial charge in [-0.15, -0.1) is 0 Å². The van der Waals surface area contributed by atoms with Crippen LogP contribution in [0, 0.1) is 5.92 Å². The van der Waals surface area contributed by atoms with Crippen LogP contribution in [0.5, 0.6) is 0 Å². The molecular weight excluding hydrogens is 160 g/mol. The maximum absolute atomic E-state index is 9.77. The maximum atomic E-state index is 9.77. The second-order valence-electron chi connectivity index (χ2n) is 4.11. The van der Waals surface area contributed by atoms with Gasteiger partial charge in [-0.25, -0.2) is 0 Å². The van der Waals surface area contributed by atoms with E-state index in [4.69, 9.17) is 9.47 Å². The fourth-order valence-corrected chi connectivity index (χ4v) is 2.69. The first-order valence-corrected chi connectivity index (χ1v) is 4.33. The number of ether oxygens (including phenoxy) is 2. The summed E-state index contributed by atoms with van der Waals surface area (Å²) < 4.78 is 10.8. The molecule has 2 N–H and O–H groups in total. The molecule has 0 spiro atoms. The lowest BCUT2D eigenvalue weighted by Gasteiger charge is -2.21. The zero-order valence-electron chi connectivity index (χ0n) is 6.80. The highest BCUT2D eigenvalue weighted by molar-refractivity contribution is 5.10. The Morgan fingerprint density at radius 2 is 2.17 bits per heavy atom. The highest BCUT2D eigenvalue weighted by atomic mass is 16.7. The molecule has 3 rings (SSSR count). The predicted octanol–water partition coefficient (Wildman–Crippen LogP) is -0.758. The minimum Gasteiger partial charge on any atom is -0.388 e. The van der Waals surface area contributed by atoms with Crippen molar-refractivity contribution in [2.24, 2.45) is 5.92 Å². The first-order chi connectivity index (χ1) is 5.59. The van der Waals surface area contributed by atoms with E-state index in [9.17, 15) is 10.2 Å². The van der Waals surface area contributed by atoms with Gasteiger partial charge in [0.15, 0.2) is 5.79 Å². The van der Waals surface area contributed by atoms with E-state index < -0.39 is 11.9 Å². The molecular formula is C8H12O4. The molecule has 0 amide bonds. The van der Waals surface area contributed by atoms with Crippen LogP contribution in [0.4, 0.5) is 0 Å². The number of aliphatic hydroxyl groups excluding tert-OH is 1. The van der Waals surface area contributed by atoms with Crippen LogP contribution < -0.4 is 0 Å². The van der Waals surface area contributed by atoms with Crippen molar-refractivity contribution in [2.45, 2.75) is 43.5 Å². The Labute approximate surface area is 70.1 Å². The third-order valence-corrected chi connectivity index (χ3v) is 3.32. The highest BCUT2D eigenvalue weighted by Gasteiger charge is 2.66. The molecule has 6 atom stereocenters. The van der Waals surface area contributed by atoms with Crippen molar-refractivity contribution in [2.75, 3.05) is 0 Å². The van der Waals surface area contributed by atoms with Gasteiger partial charge in [0, 0.05) is 5.92 Å². The molecule has 2 bridgehead atoms. The lowest BCUT2D eigenvalue weighted by atomic mass is 9.84. The van der Waals surface area contributed by atoms with Crippen LogP contribution in [-0.2, 0) is 9.47 Å². The van der Waals surface area contributed by atoms with Crippen molar-refractivity contribution in [1.29, 1.82) is 0 Å². The van der Waals surface area contributed by atoms with E-state index in [-0.39, 0.29) is 24.2 Å². The van der Waals surface area contributed by atoms with Crippen LogP contribution in [0.25, 0.3) is 0 Å². The van der Waals surface area contributed by atoms with Crippen LogP contribution >= 0.6 is 0 Å².